The van der Waals surface area contributed by atoms with E-state index in [1.165, 1.54) is 25.2 Å². The molecule has 0 spiro atoms. The first-order valence-corrected chi connectivity index (χ1v) is 13.3. The number of nitrogens with zero attached hydrogens (tertiary/aromatic N) is 5. The van der Waals surface area contributed by atoms with Gasteiger partial charge < -0.3 is 14.2 Å². The lowest BCUT2D eigenvalue weighted by molar-refractivity contribution is -0.164. The predicted molar refractivity (Wildman–Crippen MR) is 141 cm³/mol. The molecule has 3 atom stereocenters. The molecule has 0 saturated carbocycles. The van der Waals surface area contributed by atoms with Gasteiger partial charge in [0.05, 0.1) is 16.8 Å². The van der Waals surface area contributed by atoms with Crippen molar-refractivity contribution in [3.63, 3.8) is 0 Å². The average Bonchev–Trinajstić information content (AvgIpc) is 3.57. The Hall–Kier alpha value is -3.59. The number of hydrogen-bond donors (Lipinski definition) is 0. The number of thiazole rings is 1. The molecule has 12 heteroatoms. The topological polar surface area (TPSA) is 118 Å². The molecule has 0 N–H and O–H groups in total. The second-order valence-corrected chi connectivity index (χ2v) is 10.0. The summed E-state index contributed by atoms with van der Waals surface area (Å²) in [5.41, 5.74) is 1.46. The minimum atomic E-state index is -0.963. The minimum Gasteiger partial charge on any atom is -0.456 e. The van der Waals surface area contributed by atoms with Crippen molar-refractivity contribution in [2.24, 2.45) is 0 Å². The Morgan fingerprint density at radius 2 is 1.95 bits per heavy atom. The second kappa shape index (κ2) is 11.0. The van der Waals surface area contributed by atoms with E-state index in [0.29, 0.717) is 28.4 Å². The number of benzene rings is 1. The van der Waals surface area contributed by atoms with Crippen molar-refractivity contribution in [2.45, 2.75) is 58.5 Å². The highest BCUT2D eigenvalue weighted by Crippen LogP contribution is 2.39. The summed E-state index contributed by atoms with van der Waals surface area (Å²) in [5, 5.41) is 0.700. The lowest BCUT2D eigenvalue weighted by Crippen LogP contribution is -2.36. The molecule has 1 fully saturated rings. The number of carbonyl (C=O) groups is 2. The highest BCUT2D eigenvalue weighted by Gasteiger charge is 2.45. The SMILES string of the molecule is CCCCC#Cc1nc(Cl)c2nc(-c3nc4ccccc4s3)n([C@@H]3OC[C@@H](OC(C)=O)[C@H]3OC(C)=O)c2n1. The molecule has 38 heavy (non-hydrogen) atoms. The summed E-state index contributed by atoms with van der Waals surface area (Å²) in [6, 6.07) is 7.70. The summed E-state index contributed by atoms with van der Waals surface area (Å²) in [5.74, 6) is 5.60. The van der Waals surface area contributed by atoms with Gasteiger partial charge in [-0.3, -0.25) is 14.2 Å². The molecule has 0 amide bonds. The average molecular weight is 554 g/mol. The van der Waals surface area contributed by atoms with Gasteiger partial charge in [-0.25, -0.2) is 19.9 Å². The van der Waals surface area contributed by atoms with E-state index in [1.807, 2.05) is 24.3 Å². The Morgan fingerprint density at radius 1 is 1.16 bits per heavy atom. The van der Waals surface area contributed by atoms with Crippen molar-refractivity contribution in [3.05, 3.63) is 35.2 Å². The standard InChI is InChI=1S/C26H24ClN5O5S/c1-4-5-6-7-12-19-29-22(27)20-23(30-19)32(24(31-20)25-28-16-10-8-9-11-18(16)38-25)26-21(37-15(3)34)17(13-35-26)36-14(2)33/h8-11,17,21,26H,4-6,13H2,1-3H3/t17-,21-,26-/m1/s1. The molecule has 196 valence electrons. The van der Waals surface area contributed by atoms with Crippen LogP contribution in [0.5, 0.6) is 0 Å². The van der Waals surface area contributed by atoms with Crippen molar-refractivity contribution in [1.82, 2.24) is 24.5 Å². The molecule has 4 heterocycles. The molecule has 4 aromatic rings. The molecule has 0 radical (unpaired) electrons. The molecule has 1 aromatic carbocycles. The molecule has 1 saturated heterocycles. The number of carbonyl (C=O) groups excluding carboxylic acids is 2. The van der Waals surface area contributed by atoms with E-state index in [4.69, 9.17) is 35.8 Å². The van der Waals surface area contributed by atoms with Crippen LogP contribution in [0, 0.1) is 11.8 Å². The van der Waals surface area contributed by atoms with E-state index in [2.05, 4.69) is 28.7 Å². The second-order valence-electron chi connectivity index (χ2n) is 8.65. The lowest BCUT2D eigenvalue weighted by atomic mass is 10.2. The first kappa shape index (κ1) is 26.0. The fourth-order valence-electron chi connectivity index (χ4n) is 4.19. The molecule has 0 aliphatic carbocycles. The molecule has 3 aromatic heterocycles. The van der Waals surface area contributed by atoms with Gasteiger partial charge in [0.15, 0.2) is 40.1 Å². The van der Waals surface area contributed by atoms with E-state index in [0.717, 1.165) is 23.1 Å². The van der Waals surface area contributed by atoms with Gasteiger partial charge in [-0.15, -0.1) is 11.3 Å². The summed E-state index contributed by atoms with van der Waals surface area (Å²) >= 11 is 8.00. The number of ether oxygens (including phenoxy) is 3. The Balaban J connectivity index is 1.70. The molecule has 0 bridgehead atoms. The van der Waals surface area contributed by atoms with E-state index in [-0.39, 0.29) is 17.6 Å². The van der Waals surface area contributed by atoms with Gasteiger partial charge in [0.2, 0.25) is 5.82 Å². The highest BCUT2D eigenvalue weighted by molar-refractivity contribution is 7.21. The van der Waals surface area contributed by atoms with Gasteiger partial charge >= 0.3 is 11.9 Å². The normalized spacial score (nSPS) is 18.9. The first-order valence-electron chi connectivity index (χ1n) is 12.1. The van der Waals surface area contributed by atoms with Crippen LogP contribution < -0.4 is 0 Å². The maximum atomic E-state index is 12.0. The van der Waals surface area contributed by atoms with Gasteiger partial charge in [0, 0.05) is 20.3 Å². The molecular weight excluding hydrogens is 530 g/mol. The van der Waals surface area contributed by atoms with Crippen LogP contribution in [0.15, 0.2) is 24.3 Å². The molecule has 0 unspecified atom stereocenters. The van der Waals surface area contributed by atoms with E-state index in [1.54, 1.807) is 4.57 Å². The lowest BCUT2D eigenvalue weighted by Gasteiger charge is -2.24. The molecule has 1 aliphatic rings. The molecular formula is C26H24ClN5O5S. The summed E-state index contributed by atoms with van der Waals surface area (Å²) in [7, 11) is 0. The minimum absolute atomic E-state index is 0.00362. The molecule has 5 rings (SSSR count). The zero-order chi connectivity index (χ0) is 26.8. The molecule has 1 aliphatic heterocycles. The van der Waals surface area contributed by atoms with Crippen molar-refractivity contribution in [1.29, 1.82) is 0 Å². The van der Waals surface area contributed by atoms with Crippen LogP contribution in [0.1, 0.15) is 52.1 Å². The van der Waals surface area contributed by atoms with Gasteiger partial charge in [0.1, 0.15) is 5.52 Å². The fraction of sp³-hybridized carbons (Fsp3) is 0.385. The van der Waals surface area contributed by atoms with Crippen LogP contribution in [-0.4, -0.2) is 55.3 Å². The van der Waals surface area contributed by atoms with Crippen LogP contribution in [0.3, 0.4) is 0 Å². The fourth-order valence-corrected chi connectivity index (χ4v) is 5.35. The first-order chi connectivity index (χ1) is 18.4. The third-order valence-corrected chi connectivity index (χ3v) is 7.09. The molecule has 10 nitrogen and oxygen atoms in total. The van der Waals surface area contributed by atoms with Gasteiger partial charge in [-0.1, -0.05) is 43.0 Å². The maximum absolute atomic E-state index is 12.0. The van der Waals surface area contributed by atoms with Crippen molar-refractivity contribution < 1.29 is 23.8 Å². The Morgan fingerprint density at radius 3 is 2.68 bits per heavy atom. The smallest absolute Gasteiger partial charge is 0.303 e. The van der Waals surface area contributed by atoms with Crippen LogP contribution in [0.25, 0.3) is 32.2 Å². The third-order valence-electron chi connectivity index (χ3n) is 5.79. The summed E-state index contributed by atoms with van der Waals surface area (Å²) in [6.07, 6.45) is -0.0335. The van der Waals surface area contributed by atoms with Gasteiger partial charge in [-0.2, -0.15) is 0 Å². The monoisotopic (exact) mass is 553 g/mol. The quantitative estimate of drug-likeness (QED) is 0.145. The number of hydrogen-bond acceptors (Lipinski definition) is 10. The summed E-state index contributed by atoms with van der Waals surface area (Å²) in [6.45, 7) is 4.66. The third kappa shape index (κ3) is 5.20. The van der Waals surface area contributed by atoms with Crippen LogP contribution in [-0.2, 0) is 23.8 Å². The summed E-state index contributed by atoms with van der Waals surface area (Å²) in [4.78, 5) is 42.3. The van der Waals surface area contributed by atoms with Crippen molar-refractivity contribution in [2.75, 3.05) is 6.61 Å². The number of imidazole rings is 1. The number of fused-ring (bicyclic) bond motifs is 2. The zero-order valence-corrected chi connectivity index (χ0v) is 22.5. The predicted octanol–water partition coefficient (Wildman–Crippen LogP) is 4.69. The Labute approximate surface area is 227 Å². The maximum Gasteiger partial charge on any atom is 0.303 e. The van der Waals surface area contributed by atoms with Gasteiger partial charge in [-0.05, 0) is 24.5 Å². The van der Waals surface area contributed by atoms with E-state index in [9.17, 15) is 9.59 Å². The largest absolute Gasteiger partial charge is 0.456 e. The number of esters is 2. The Bertz CT molecular complexity index is 1560. The van der Waals surface area contributed by atoms with Crippen molar-refractivity contribution >= 4 is 56.3 Å². The Kier molecular flexibility index (Phi) is 7.56. The number of unbranched alkanes of at least 4 members (excludes halogenated alkanes) is 2. The van der Waals surface area contributed by atoms with Gasteiger partial charge in [0.25, 0.3) is 0 Å². The van der Waals surface area contributed by atoms with Crippen LogP contribution in [0.4, 0.5) is 0 Å². The number of halogens is 1. The highest BCUT2D eigenvalue weighted by atomic mass is 35.5. The van der Waals surface area contributed by atoms with Crippen LogP contribution in [0.2, 0.25) is 5.15 Å². The van der Waals surface area contributed by atoms with E-state index < -0.39 is 30.4 Å². The number of aromatic nitrogens is 5. The summed E-state index contributed by atoms with van der Waals surface area (Å²) < 4.78 is 19.7. The van der Waals surface area contributed by atoms with Crippen molar-refractivity contribution in [3.8, 4) is 22.7 Å². The van der Waals surface area contributed by atoms with Crippen LogP contribution >= 0.6 is 22.9 Å². The number of para-hydroxylation sites is 1. The zero-order valence-electron chi connectivity index (χ0n) is 20.9. The van der Waals surface area contributed by atoms with E-state index >= 15 is 0 Å². The number of rotatable bonds is 6.